The molecular formula is C24H28N6O2. The van der Waals surface area contributed by atoms with Crippen LogP contribution in [0, 0.1) is 13.8 Å². The summed E-state index contributed by atoms with van der Waals surface area (Å²) >= 11 is 0. The van der Waals surface area contributed by atoms with Crippen LogP contribution in [0.1, 0.15) is 22.5 Å². The summed E-state index contributed by atoms with van der Waals surface area (Å²) in [5, 5.41) is 8.81. The van der Waals surface area contributed by atoms with E-state index in [0.717, 1.165) is 47.1 Å². The van der Waals surface area contributed by atoms with Gasteiger partial charge in [0.25, 0.3) is 0 Å². The van der Waals surface area contributed by atoms with Crippen LogP contribution in [0.3, 0.4) is 0 Å². The first-order chi connectivity index (χ1) is 15.7. The number of benzene rings is 1. The van der Waals surface area contributed by atoms with Crippen LogP contribution >= 0.6 is 0 Å². The standard InChI is InChI=1S/C24H28N6O2/c1-18-6-7-19(2)22(15-18)29-26-17-21-16-23(30-10-13-31-14-11-30)28-24(27-21)32-12-8-20-5-3-4-9-25-20/h3-7,9,15-16H,8,10-14,17H2,1-2H3. The fourth-order valence-corrected chi connectivity index (χ4v) is 3.36. The molecule has 8 heteroatoms. The lowest BCUT2D eigenvalue weighted by molar-refractivity contribution is 0.122. The molecule has 4 rings (SSSR count). The Morgan fingerprint density at radius 3 is 2.72 bits per heavy atom. The van der Waals surface area contributed by atoms with Crippen LogP contribution in [0.5, 0.6) is 6.01 Å². The molecule has 2 aromatic heterocycles. The van der Waals surface area contributed by atoms with Crippen LogP contribution in [0.2, 0.25) is 0 Å². The van der Waals surface area contributed by atoms with Gasteiger partial charge in [-0.15, -0.1) is 0 Å². The number of azo groups is 1. The molecule has 3 aromatic rings. The lowest BCUT2D eigenvalue weighted by atomic mass is 10.1. The molecule has 1 saturated heterocycles. The van der Waals surface area contributed by atoms with E-state index in [1.165, 1.54) is 0 Å². The molecule has 1 fully saturated rings. The summed E-state index contributed by atoms with van der Waals surface area (Å²) in [4.78, 5) is 15.7. The number of aryl methyl sites for hydroxylation is 2. The Morgan fingerprint density at radius 1 is 1.03 bits per heavy atom. The average Bonchev–Trinajstić information content (AvgIpc) is 2.82. The largest absolute Gasteiger partial charge is 0.463 e. The molecule has 1 aliphatic rings. The highest BCUT2D eigenvalue weighted by Gasteiger charge is 2.15. The van der Waals surface area contributed by atoms with Crippen molar-refractivity contribution in [1.29, 1.82) is 0 Å². The van der Waals surface area contributed by atoms with Gasteiger partial charge in [-0.2, -0.15) is 20.2 Å². The quantitative estimate of drug-likeness (QED) is 0.495. The van der Waals surface area contributed by atoms with Gasteiger partial charge in [-0.05, 0) is 43.2 Å². The Bertz CT molecular complexity index is 1050. The highest BCUT2D eigenvalue weighted by Crippen LogP contribution is 2.22. The van der Waals surface area contributed by atoms with Crippen molar-refractivity contribution in [2.75, 3.05) is 37.8 Å². The second-order valence-corrected chi connectivity index (χ2v) is 7.71. The van der Waals surface area contributed by atoms with Crippen molar-refractivity contribution >= 4 is 11.5 Å². The molecule has 0 unspecified atom stereocenters. The fraction of sp³-hybridized carbons (Fsp3) is 0.375. The predicted octanol–water partition coefficient (Wildman–Crippen LogP) is 4.23. The number of anilines is 1. The minimum absolute atomic E-state index is 0.349. The van der Waals surface area contributed by atoms with Crippen LogP contribution < -0.4 is 9.64 Å². The Hall–Kier alpha value is -3.39. The molecule has 166 valence electrons. The van der Waals surface area contributed by atoms with Gasteiger partial charge in [-0.1, -0.05) is 18.2 Å². The van der Waals surface area contributed by atoms with Crippen LogP contribution in [-0.2, 0) is 17.7 Å². The van der Waals surface area contributed by atoms with E-state index in [4.69, 9.17) is 9.47 Å². The van der Waals surface area contributed by atoms with Crippen LogP contribution in [0.15, 0.2) is 58.9 Å². The number of aromatic nitrogens is 3. The van der Waals surface area contributed by atoms with Crippen molar-refractivity contribution in [1.82, 2.24) is 15.0 Å². The van der Waals surface area contributed by atoms with Crippen molar-refractivity contribution in [3.8, 4) is 6.01 Å². The molecule has 0 amide bonds. The van der Waals surface area contributed by atoms with Crippen LogP contribution in [-0.4, -0.2) is 47.9 Å². The molecule has 32 heavy (non-hydrogen) atoms. The summed E-state index contributed by atoms with van der Waals surface area (Å²) in [7, 11) is 0. The summed E-state index contributed by atoms with van der Waals surface area (Å²) in [6.07, 6.45) is 2.47. The molecule has 0 radical (unpaired) electrons. The molecule has 8 nitrogen and oxygen atoms in total. The highest BCUT2D eigenvalue weighted by atomic mass is 16.5. The van der Waals surface area contributed by atoms with E-state index in [1.54, 1.807) is 6.20 Å². The number of rotatable bonds is 8. The lowest BCUT2D eigenvalue weighted by Crippen LogP contribution is -2.37. The van der Waals surface area contributed by atoms with Gasteiger partial charge >= 0.3 is 6.01 Å². The van der Waals surface area contributed by atoms with Gasteiger partial charge in [0.2, 0.25) is 0 Å². The molecular weight excluding hydrogens is 404 g/mol. The topological polar surface area (TPSA) is 85.1 Å². The minimum Gasteiger partial charge on any atom is -0.463 e. The SMILES string of the molecule is Cc1ccc(C)c(N=NCc2cc(N3CCOCC3)nc(OCCc3ccccn3)n2)c1. The summed E-state index contributed by atoms with van der Waals surface area (Å²) in [6.45, 7) is 7.82. The van der Waals surface area contributed by atoms with Crippen molar-refractivity contribution < 1.29 is 9.47 Å². The Labute approximate surface area is 188 Å². The fourth-order valence-electron chi connectivity index (χ4n) is 3.36. The van der Waals surface area contributed by atoms with Crippen molar-refractivity contribution in [3.05, 3.63) is 71.2 Å². The van der Waals surface area contributed by atoms with Crippen molar-refractivity contribution in [2.45, 2.75) is 26.8 Å². The highest BCUT2D eigenvalue weighted by molar-refractivity contribution is 5.47. The normalized spacial score (nSPS) is 14.1. The monoisotopic (exact) mass is 432 g/mol. The summed E-state index contributed by atoms with van der Waals surface area (Å²) in [6, 6.07) is 14.3. The van der Waals surface area contributed by atoms with E-state index in [2.05, 4.69) is 42.2 Å². The number of ether oxygens (including phenoxy) is 2. The zero-order chi connectivity index (χ0) is 22.2. The van der Waals surface area contributed by atoms with Crippen molar-refractivity contribution in [3.63, 3.8) is 0 Å². The van der Waals surface area contributed by atoms with E-state index in [-0.39, 0.29) is 0 Å². The van der Waals surface area contributed by atoms with Gasteiger partial charge in [0.1, 0.15) is 12.4 Å². The smallest absolute Gasteiger partial charge is 0.318 e. The van der Waals surface area contributed by atoms with E-state index in [9.17, 15) is 0 Å². The van der Waals surface area contributed by atoms with Gasteiger partial charge in [0.15, 0.2) is 0 Å². The molecule has 0 saturated carbocycles. The second kappa shape index (κ2) is 10.8. The van der Waals surface area contributed by atoms with Gasteiger partial charge in [0, 0.05) is 37.5 Å². The zero-order valence-electron chi connectivity index (χ0n) is 18.6. The number of morpholine rings is 1. The average molecular weight is 433 g/mol. The predicted molar refractivity (Wildman–Crippen MR) is 123 cm³/mol. The van der Waals surface area contributed by atoms with E-state index in [1.807, 2.05) is 44.2 Å². The van der Waals surface area contributed by atoms with Crippen LogP contribution in [0.4, 0.5) is 11.5 Å². The van der Waals surface area contributed by atoms with Crippen molar-refractivity contribution in [2.24, 2.45) is 10.2 Å². The first-order valence-corrected chi connectivity index (χ1v) is 10.9. The minimum atomic E-state index is 0.349. The third-order valence-corrected chi connectivity index (χ3v) is 5.17. The van der Waals surface area contributed by atoms with E-state index < -0.39 is 0 Å². The number of hydrogen-bond acceptors (Lipinski definition) is 8. The lowest BCUT2D eigenvalue weighted by Gasteiger charge is -2.28. The number of hydrogen-bond donors (Lipinski definition) is 0. The molecule has 3 heterocycles. The number of nitrogens with zero attached hydrogens (tertiary/aromatic N) is 6. The maximum atomic E-state index is 5.89. The third-order valence-electron chi connectivity index (χ3n) is 5.17. The molecule has 1 aromatic carbocycles. The maximum Gasteiger partial charge on any atom is 0.318 e. The van der Waals surface area contributed by atoms with E-state index >= 15 is 0 Å². The number of pyridine rings is 1. The molecule has 0 atom stereocenters. The Kier molecular flexibility index (Phi) is 7.34. The summed E-state index contributed by atoms with van der Waals surface area (Å²) in [5.41, 5.74) is 4.86. The van der Waals surface area contributed by atoms with Gasteiger partial charge in [-0.3, -0.25) is 4.98 Å². The first-order valence-electron chi connectivity index (χ1n) is 10.9. The Balaban J connectivity index is 1.48. The molecule has 1 aliphatic heterocycles. The van der Waals surface area contributed by atoms with E-state index in [0.29, 0.717) is 38.8 Å². The first kappa shape index (κ1) is 21.8. The maximum absolute atomic E-state index is 5.89. The molecule has 0 bridgehead atoms. The third kappa shape index (κ3) is 6.07. The molecule has 0 N–H and O–H groups in total. The summed E-state index contributed by atoms with van der Waals surface area (Å²) < 4.78 is 11.4. The second-order valence-electron chi connectivity index (χ2n) is 7.71. The zero-order valence-corrected chi connectivity index (χ0v) is 18.6. The van der Waals surface area contributed by atoms with Gasteiger partial charge in [0.05, 0.1) is 31.2 Å². The molecule has 0 spiro atoms. The summed E-state index contributed by atoms with van der Waals surface area (Å²) in [5.74, 6) is 0.827. The molecule has 0 aliphatic carbocycles. The van der Waals surface area contributed by atoms with Gasteiger partial charge < -0.3 is 14.4 Å². The van der Waals surface area contributed by atoms with Crippen LogP contribution in [0.25, 0.3) is 0 Å². The van der Waals surface area contributed by atoms with Gasteiger partial charge in [-0.25, -0.2) is 0 Å². The Morgan fingerprint density at radius 2 is 1.91 bits per heavy atom.